The van der Waals surface area contributed by atoms with E-state index in [9.17, 15) is 24.2 Å². The number of phosphoric ester groups is 1. The van der Waals surface area contributed by atoms with E-state index in [1.54, 1.807) is 0 Å². The van der Waals surface area contributed by atoms with Gasteiger partial charge in [0.1, 0.15) is 18.8 Å². The molecule has 0 aliphatic rings. The summed E-state index contributed by atoms with van der Waals surface area (Å²) in [6, 6.07) is -1.49. The van der Waals surface area contributed by atoms with Gasteiger partial charge < -0.3 is 25.6 Å². The number of unbranched alkanes of at least 4 members (excludes halogenated alkanes) is 9. The molecular formula is C24H48NO9PS2. The maximum absolute atomic E-state index is 11.8. The molecule has 0 saturated carbocycles. The molecule has 0 aliphatic carbocycles. The predicted molar refractivity (Wildman–Crippen MR) is 150 cm³/mol. The van der Waals surface area contributed by atoms with Crippen molar-refractivity contribution in [3.8, 4) is 0 Å². The van der Waals surface area contributed by atoms with Gasteiger partial charge in [0, 0.05) is 16.9 Å². The Balaban J connectivity index is 3.74. The third-order valence-electron chi connectivity index (χ3n) is 5.78. The quantitative estimate of drug-likeness (QED) is 0.0386. The Hall–Kier alpha value is -0.330. The van der Waals surface area contributed by atoms with Crippen molar-refractivity contribution >= 4 is 45.0 Å². The first-order valence-electron chi connectivity index (χ1n) is 13.3. The summed E-state index contributed by atoms with van der Waals surface area (Å²) in [6.07, 6.45) is 13.5. The number of ether oxygens (including phenoxy) is 1. The molecule has 5 atom stereocenters. The van der Waals surface area contributed by atoms with Crippen LogP contribution in [-0.2, 0) is 27.9 Å². The van der Waals surface area contributed by atoms with Gasteiger partial charge in [-0.25, -0.2) is 4.57 Å². The van der Waals surface area contributed by atoms with E-state index in [2.05, 4.69) is 16.0 Å². The summed E-state index contributed by atoms with van der Waals surface area (Å²) >= 11 is 9.44. The molecule has 0 saturated heterocycles. The number of nitrogens with two attached hydrogens (primary N) is 1. The SMILES string of the molecule is CCCCCCCCC(S)C(S)CCCCCCCC(=O)OCC(O)COP(=O)(O)OCC(N)C(=O)O. The molecule has 5 N–H and O–H groups in total. The molecule has 0 aromatic heterocycles. The Morgan fingerprint density at radius 2 is 1.32 bits per heavy atom. The molecule has 5 unspecified atom stereocenters. The highest BCUT2D eigenvalue weighted by molar-refractivity contribution is 7.85. The lowest BCUT2D eigenvalue weighted by Gasteiger charge is -2.18. The number of esters is 1. The van der Waals surface area contributed by atoms with Crippen LogP contribution in [0.1, 0.15) is 96.8 Å². The smallest absolute Gasteiger partial charge is 0.472 e. The van der Waals surface area contributed by atoms with E-state index >= 15 is 0 Å². The van der Waals surface area contributed by atoms with Gasteiger partial charge in [-0.1, -0.05) is 71.1 Å². The minimum atomic E-state index is -4.59. The van der Waals surface area contributed by atoms with Crippen LogP contribution < -0.4 is 5.73 Å². The molecule has 0 aliphatic heterocycles. The Bertz CT molecular complexity index is 660. The van der Waals surface area contributed by atoms with Crippen molar-refractivity contribution in [3.63, 3.8) is 0 Å². The number of phosphoric acid groups is 1. The molecule has 0 bridgehead atoms. The van der Waals surface area contributed by atoms with Gasteiger partial charge >= 0.3 is 19.8 Å². The number of aliphatic carboxylic acids is 1. The van der Waals surface area contributed by atoms with Crippen molar-refractivity contribution in [2.24, 2.45) is 5.73 Å². The maximum Gasteiger partial charge on any atom is 0.472 e. The highest BCUT2D eigenvalue weighted by Gasteiger charge is 2.26. The lowest BCUT2D eigenvalue weighted by Crippen LogP contribution is -2.34. The van der Waals surface area contributed by atoms with Crippen LogP contribution in [0.3, 0.4) is 0 Å². The van der Waals surface area contributed by atoms with E-state index in [1.165, 1.54) is 38.5 Å². The average Bonchev–Trinajstić information content (AvgIpc) is 2.85. The second kappa shape index (κ2) is 22.5. The molecule has 0 rings (SSSR count). The zero-order valence-corrected chi connectivity index (χ0v) is 24.7. The Kier molecular flexibility index (Phi) is 22.3. The average molecular weight is 590 g/mol. The molecule has 37 heavy (non-hydrogen) atoms. The predicted octanol–water partition coefficient (Wildman–Crippen LogP) is 4.51. The zero-order chi connectivity index (χ0) is 28.1. The van der Waals surface area contributed by atoms with Crippen LogP contribution in [0.15, 0.2) is 0 Å². The number of hydrogen-bond acceptors (Lipinski definition) is 10. The normalized spacial score (nSPS) is 16.5. The second-order valence-electron chi connectivity index (χ2n) is 9.34. The topological polar surface area (TPSA) is 166 Å². The van der Waals surface area contributed by atoms with E-state index in [-0.39, 0.29) is 6.42 Å². The molecule has 0 radical (unpaired) electrons. The third kappa shape index (κ3) is 22.2. The third-order valence-corrected chi connectivity index (χ3v) is 8.20. The van der Waals surface area contributed by atoms with Crippen LogP contribution >= 0.6 is 33.1 Å². The summed E-state index contributed by atoms with van der Waals surface area (Å²) in [4.78, 5) is 31.8. The largest absolute Gasteiger partial charge is 0.480 e. The molecule has 0 amide bonds. The maximum atomic E-state index is 11.8. The lowest BCUT2D eigenvalue weighted by molar-refractivity contribution is -0.147. The number of thiol groups is 2. The van der Waals surface area contributed by atoms with E-state index < -0.39 is 51.7 Å². The second-order valence-corrected chi connectivity index (χ2v) is 12.1. The highest BCUT2D eigenvalue weighted by atomic mass is 32.1. The van der Waals surface area contributed by atoms with Gasteiger partial charge in [-0.15, -0.1) is 0 Å². The van der Waals surface area contributed by atoms with E-state index in [0.29, 0.717) is 16.9 Å². The molecule has 0 aromatic carbocycles. The highest BCUT2D eigenvalue weighted by Crippen LogP contribution is 2.43. The fourth-order valence-corrected chi connectivity index (χ4v) is 4.89. The monoisotopic (exact) mass is 589 g/mol. The number of carboxylic acids is 1. The molecular weight excluding hydrogens is 541 g/mol. The number of carbonyl (C=O) groups excluding carboxylic acids is 1. The van der Waals surface area contributed by atoms with Crippen LogP contribution in [0.4, 0.5) is 0 Å². The number of aliphatic hydroxyl groups is 1. The first-order valence-corrected chi connectivity index (χ1v) is 15.8. The molecule has 13 heteroatoms. The fourth-order valence-electron chi connectivity index (χ4n) is 3.44. The zero-order valence-electron chi connectivity index (χ0n) is 22.0. The van der Waals surface area contributed by atoms with Gasteiger partial charge in [0.25, 0.3) is 0 Å². The van der Waals surface area contributed by atoms with Gasteiger partial charge in [-0.2, -0.15) is 25.3 Å². The number of aliphatic hydroxyl groups excluding tert-OH is 1. The van der Waals surface area contributed by atoms with Crippen LogP contribution in [0, 0.1) is 0 Å². The number of carbonyl (C=O) groups is 2. The first-order chi connectivity index (χ1) is 17.5. The Morgan fingerprint density at radius 1 is 0.838 bits per heavy atom. The summed E-state index contributed by atoms with van der Waals surface area (Å²) in [6.45, 7) is 0.448. The Labute approximate surface area is 232 Å². The molecule has 0 fully saturated rings. The number of carboxylic acid groups (broad SMARTS) is 1. The Morgan fingerprint density at radius 3 is 1.86 bits per heavy atom. The summed E-state index contributed by atoms with van der Waals surface area (Å²) in [5.74, 6) is -1.88. The number of rotatable bonds is 25. The van der Waals surface area contributed by atoms with Gasteiger partial charge in [-0.3, -0.25) is 18.6 Å². The van der Waals surface area contributed by atoms with Gasteiger partial charge in [0.2, 0.25) is 0 Å². The van der Waals surface area contributed by atoms with E-state index in [0.717, 1.165) is 38.5 Å². The van der Waals surface area contributed by atoms with Crippen LogP contribution in [-0.4, -0.2) is 69.5 Å². The standard InChI is InChI=1S/C24H48NO9PS2/c1-2-3-4-5-7-10-13-21(36)22(37)14-11-8-6-9-12-15-23(27)32-16-19(26)17-33-35(30,31)34-18-20(25)24(28)29/h19-22,26,36-37H,2-18,25H2,1H3,(H,28,29)(H,30,31). The van der Waals surface area contributed by atoms with Crippen molar-refractivity contribution < 1.29 is 43.0 Å². The van der Waals surface area contributed by atoms with Crippen molar-refractivity contribution in [1.29, 1.82) is 0 Å². The summed E-state index contributed by atoms with van der Waals surface area (Å²) in [5.41, 5.74) is 5.16. The molecule has 0 aromatic rings. The first kappa shape index (κ1) is 36.7. The van der Waals surface area contributed by atoms with Crippen molar-refractivity contribution in [3.05, 3.63) is 0 Å². The summed E-state index contributed by atoms with van der Waals surface area (Å²) in [7, 11) is -4.59. The fraction of sp³-hybridized carbons (Fsp3) is 0.917. The van der Waals surface area contributed by atoms with Gasteiger partial charge in [0.15, 0.2) is 0 Å². The molecule has 10 nitrogen and oxygen atoms in total. The minimum absolute atomic E-state index is 0.217. The van der Waals surface area contributed by atoms with E-state index in [1.807, 2.05) is 0 Å². The molecule has 0 heterocycles. The van der Waals surface area contributed by atoms with Gasteiger partial charge in [-0.05, 0) is 19.3 Å². The van der Waals surface area contributed by atoms with Gasteiger partial charge in [0.05, 0.1) is 13.2 Å². The number of hydrogen-bond donors (Lipinski definition) is 6. The summed E-state index contributed by atoms with van der Waals surface area (Å²) in [5, 5.41) is 19.0. The van der Waals surface area contributed by atoms with Crippen molar-refractivity contribution in [2.75, 3.05) is 19.8 Å². The van der Waals surface area contributed by atoms with Crippen molar-refractivity contribution in [1.82, 2.24) is 0 Å². The minimum Gasteiger partial charge on any atom is -0.480 e. The molecule has 0 spiro atoms. The summed E-state index contributed by atoms with van der Waals surface area (Å²) < 4.78 is 25.5. The van der Waals surface area contributed by atoms with Crippen molar-refractivity contribution in [2.45, 2.75) is 119 Å². The molecule has 220 valence electrons. The van der Waals surface area contributed by atoms with Crippen LogP contribution in [0.25, 0.3) is 0 Å². The van der Waals surface area contributed by atoms with E-state index in [4.69, 9.17) is 40.8 Å². The van der Waals surface area contributed by atoms with Crippen LogP contribution in [0.5, 0.6) is 0 Å². The van der Waals surface area contributed by atoms with Crippen LogP contribution in [0.2, 0.25) is 0 Å². The lowest BCUT2D eigenvalue weighted by atomic mass is 10.0.